The lowest BCUT2D eigenvalue weighted by Gasteiger charge is -2.08. The molecule has 0 aliphatic carbocycles. The molecule has 0 aliphatic rings. The minimum Gasteiger partial charge on any atom is -0.451 e. The maximum atomic E-state index is 12.7. The Morgan fingerprint density at radius 1 is 1.13 bits per heavy atom. The van der Waals surface area contributed by atoms with E-state index in [2.05, 4.69) is 10.3 Å². The number of nitro groups is 1. The van der Waals surface area contributed by atoms with Crippen LogP contribution in [0.5, 0.6) is 0 Å². The summed E-state index contributed by atoms with van der Waals surface area (Å²) in [5, 5.41) is 14.9. The summed E-state index contributed by atoms with van der Waals surface area (Å²) >= 11 is 1.22. The fourth-order valence-electron chi connectivity index (χ4n) is 2.92. The van der Waals surface area contributed by atoms with Gasteiger partial charge in [-0.15, -0.1) is 0 Å². The summed E-state index contributed by atoms with van der Waals surface area (Å²) in [6, 6.07) is 15.8. The zero-order valence-electron chi connectivity index (χ0n) is 16.2. The number of pyridine rings is 1. The smallest absolute Gasteiger partial charge is 0.291 e. The first-order chi connectivity index (χ1) is 14.9. The zero-order chi connectivity index (χ0) is 22.0. The first kappa shape index (κ1) is 20.3. The van der Waals surface area contributed by atoms with Crippen molar-refractivity contribution >= 4 is 40.0 Å². The maximum absolute atomic E-state index is 12.7. The number of aromatic nitrogens is 1. The molecule has 0 aliphatic heterocycles. The first-order valence-electron chi connectivity index (χ1n) is 9.13. The van der Waals surface area contributed by atoms with Gasteiger partial charge < -0.3 is 9.73 Å². The number of carbonyl (C=O) groups excluding carboxylic acids is 1. The van der Waals surface area contributed by atoms with Crippen LogP contribution in [0.3, 0.4) is 0 Å². The van der Waals surface area contributed by atoms with Crippen LogP contribution in [0, 0.1) is 17.0 Å². The standard InChI is InChI=1S/C22H15N3O5S/c1-13-5-6-19-17(8-13)18(26)12-20(30-19)22(27)24-14-9-15(25(28)29)11-16(10-14)31-21-4-2-3-7-23-21/h2-12H,1H3,(H,24,27). The van der Waals surface area contributed by atoms with Gasteiger partial charge >= 0.3 is 0 Å². The molecule has 31 heavy (non-hydrogen) atoms. The minimum absolute atomic E-state index is 0.188. The summed E-state index contributed by atoms with van der Waals surface area (Å²) in [5.74, 6) is -0.874. The van der Waals surface area contributed by atoms with E-state index in [0.29, 0.717) is 15.3 Å². The molecule has 4 aromatic rings. The van der Waals surface area contributed by atoms with E-state index in [1.54, 1.807) is 48.7 Å². The van der Waals surface area contributed by atoms with E-state index in [-0.39, 0.29) is 28.1 Å². The average molecular weight is 433 g/mol. The highest BCUT2D eigenvalue weighted by atomic mass is 32.2. The Balaban J connectivity index is 1.66. The molecular weight excluding hydrogens is 418 g/mol. The summed E-state index contributed by atoms with van der Waals surface area (Å²) in [7, 11) is 0. The molecule has 154 valence electrons. The quantitative estimate of drug-likeness (QED) is 0.355. The van der Waals surface area contributed by atoms with Crippen molar-refractivity contribution in [2.45, 2.75) is 16.8 Å². The Hall–Kier alpha value is -3.98. The Bertz CT molecular complexity index is 1370. The van der Waals surface area contributed by atoms with Gasteiger partial charge in [0.05, 0.1) is 10.3 Å². The highest BCUT2D eigenvalue weighted by molar-refractivity contribution is 7.99. The SMILES string of the molecule is Cc1ccc2oc(C(=O)Nc3cc(Sc4ccccn4)cc([N+](=O)[O-])c3)cc(=O)c2c1. The summed E-state index contributed by atoms with van der Waals surface area (Å²) in [6.07, 6.45) is 1.62. The molecule has 0 spiro atoms. The molecule has 0 radical (unpaired) electrons. The van der Waals surface area contributed by atoms with Gasteiger partial charge in [0, 0.05) is 35.0 Å². The second-order valence-electron chi connectivity index (χ2n) is 6.67. The number of hydrogen-bond acceptors (Lipinski definition) is 7. The van der Waals surface area contributed by atoms with Gasteiger partial charge in [-0.3, -0.25) is 19.7 Å². The molecule has 1 N–H and O–H groups in total. The summed E-state index contributed by atoms with van der Waals surface area (Å²) in [6.45, 7) is 1.85. The fourth-order valence-corrected chi connectivity index (χ4v) is 3.79. The van der Waals surface area contributed by atoms with Crippen LogP contribution in [-0.2, 0) is 0 Å². The van der Waals surface area contributed by atoms with Crippen molar-refractivity contribution in [3.63, 3.8) is 0 Å². The van der Waals surface area contributed by atoms with Crippen LogP contribution >= 0.6 is 11.8 Å². The van der Waals surface area contributed by atoms with Crippen molar-refractivity contribution in [2.24, 2.45) is 0 Å². The van der Waals surface area contributed by atoms with Crippen LogP contribution in [-0.4, -0.2) is 15.8 Å². The lowest BCUT2D eigenvalue weighted by molar-refractivity contribution is -0.385. The second kappa shape index (κ2) is 8.41. The predicted molar refractivity (Wildman–Crippen MR) is 117 cm³/mol. The number of amides is 1. The molecule has 2 aromatic heterocycles. The zero-order valence-corrected chi connectivity index (χ0v) is 17.0. The number of non-ortho nitro benzene ring substituents is 1. The topological polar surface area (TPSA) is 115 Å². The van der Waals surface area contributed by atoms with Crippen LogP contribution in [0.25, 0.3) is 11.0 Å². The first-order valence-corrected chi connectivity index (χ1v) is 9.95. The lowest BCUT2D eigenvalue weighted by atomic mass is 10.1. The second-order valence-corrected chi connectivity index (χ2v) is 7.77. The van der Waals surface area contributed by atoms with E-state index in [1.807, 2.05) is 6.92 Å². The van der Waals surface area contributed by atoms with E-state index in [0.717, 1.165) is 11.6 Å². The van der Waals surface area contributed by atoms with Crippen molar-refractivity contribution in [1.29, 1.82) is 0 Å². The highest BCUT2D eigenvalue weighted by Gasteiger charge is 2.16. The summed E-state index contributed by atoms with van der Waals surface area (Å²) in [4.78, 5) is 40.6. The normalized spacial score (nSPS) is 10.7. The van der Waals surface area contributed by atoms with E-state index < -0.39 is 10.8 Å². The van der Waals surface area contributed by atoms with E-state index in [1.165, 1.54) is 23.9 Å². The Morgan fingerprint density at radius 2 is 1.97 bits per heavy atom. The maximum Gasteiger partial charge on any atom is 0.291 e. The van der Waals surface area contributed by atoms with Gasteiger partial charge in [0.1, 0.15) is 10.6 Å². The van der Waals surface area contributed by atoms with Gasteiger partial charge in [0.25, 0.3) is 11.6 Å². The molecule has 0 saturated heterocycles. The molecule has 0 fully saturated rings. The third-order valence-electron chi connectivity index (χ3n) is 4.33. The van der Waals surface area contributed by atoms with Gasteiger partial charge in [0.2, 0.25) is 0 Å². The van der Waals surface area contributed by atoms with Crippen LogP contribution in [0.4, 0.5) is 11.4 Å². The number of carbonyl (C=O) groups is 1. The fraction of sp³-hybridized carbons (Fsp3) is 0.0455. The number of hydrogen-bond donors (Lipinski definition) is 1. The Kier molecular flexibility index (Phi) is 5.50. The van der Waals surface area contributed by atoms with Gasteiger partial charge in [-0.25, -0.2) is 4.98 Å². The number of aryl methyl sites for hydroxylation is 1. The van der Waals surface area contributed by atoms with Crippen LogP contribution in [0.2, 0.25) is 0 Å². The monoisotopic (exact) mass is 433 g/mol. The van der Waals surface area contributed by atoms with E-state index in [9.17, 15) is 19.7 Å². The summed E-state index contributed by atoms with van der Waals surface area (Å²) in [5.41, 5.74) is 0.844. The average Bonchev–Trinajstić information content (AvgIpc) is 2.74. The molecule has 0 unspecified atom stereocenters. The van der Waals surface area contributed by atoms with Gasteiger partial charge in [0.15, 0.2) is 11.2 Å². The number of fused-ring (bicyclic) bond motifs is 1. The molecule has 2 heterocycles. The van der Waals surface area contributed by atoms with Crippen molar-refractivity contribution in [2.75, 3.05) is 5.32 Å². The number of nitro benzene ring substituents is 1. The van der Waals surface area contributed by atoms with Gasteiger partial charge in [-0.1, -0.05) is 29.5 Å². The van der Waals surface area contributed by atoms with E-state index in [4.69, 9.17) is 4.42 Å². The molecule has 9 heteroatoms. The van der Waals surface area contributed by atoms with Crippen molar-refractivity contribution in [3.8, 4) is 0 Å². The number of anilines is 1. The molecule has 0 bridgehead atoms. The third-order valence-corrected chi connectivity index (χ3v) is 5.25. The summed E-state index contributed by atoms with van der Waals surface area (Å²) < 4.78 is 5.57. The van der Waals surface area contributed by atoms with Crippen molar-refractivity contribution in [1.82, 2.24) is 4.98 Å². The molecule has 4 rings (SSSR count). The van der Waals surface area contributed by atoms with Crippen LogP contribution in [0.1, 0.15) is 16.1 Å². The number of benzene rings is 2. The van der Waals surface area contributed by atoms with Crippen LogP contribution in [0.15, 0.2) is 86.0 Å². The number of nitrogens with zero attached hydrogens (tertiary/aromatic N) is 2. The van der Waals surface area contributed by atoms with E-state index >= 15 is 0 Å². The highest BCUT2D eigenvalue weighted by Crippen LogP contribution is 2.32. The van der Waals surface area contributed by atoms with Crippen molar-refractivity contribution in [3.05, 3.63) is 98.5 Å². The molecule has 2 aromatic carbocycles. The molecule has 0 saturated carbocycles. The Morgan fingerprint density at radius 3 is 2.71 bits per heavy atom. The Labute approximate surface area is 180 Å². The minimum atomic E-state index is -0.686. The van der Waals surface area contributed by atoms with Gasteiger partial charge in [-0.05, 0) is 37.3 Å². The molecule has 1 amide bonds. The lowest BCUT2D eigenvalue weighted by Crippen LogP contribution is -2.15. The van der Waals surface area contributed by atoms with Gasteiger partial charge in [-0.2, -0.15) is 0 Å². The van der Waals surface area contributed by atoms with Crippen molar-refractivity contribution < 1.29 is 14.1 Å². The molecule has 0 atom stereocenters. The molecule has 8 nitrogen and oxygen atoms in total. The van der Waals surface area contributed by atoms with Crippen LogP contribution < -0.4 is 10.7 Å². The molecular formula is C22H15N3O5S. The number of rotatable bonds is 5. The third kappa shape index (κ3) is 4.62. The largest absolute Gasteiger partial charge is 0.451 e. The predicted octanol–water partition coefficient (Wildman–Crippen LogP) is 4.81. The number of nitrogens with one attached hydrogen (secondary N) is 1.